The fourth-order valence-electron chi connectivity index (χ4n) is 3.57. The van der Waals surface area contributed by atoms with E-state index in [1.807, 2.05) is 48.5 Å². The molecular weight excluding hydrogens is 310 g/mol. The van der Waals surface area contributed by atoms with Crippen LogP contribution < -0.4 is 5.32 Å². The lowest BCUT2D eigenvalue weighted by Gasteiger charge is -2.22. The van der Waals surface area contributed by atoms with Crippen molar-refractivity contribution in [2.75, 3.05) is 0 Å². The highest BCUT2D eigenvalue weighted by atomic mass is 35.5. The Morgan fingerprint density at radius 1 is 1.13 bits per heavy atom. The first kappa shape index (κ1) is 14.7. The summed E-state index contributed by atoms with van der Waals surface area (Å²) >= 11 is 5.94. The van der Waals surface area contributed by atoms with E-state index in [-0.39, 0.29) is 11.9 Å². The summed E-state index contributed by atoms with van der Waals surface area (Å²) in [5.74, 6) is 0.000533. The molecule has 0 aliphatic heterocycles. The molecule has 1 amide bonds. The maximum Gasteiger partial charge on any atom is 0.231 e. The SMILES string of the molecule is O=C(NC1c2ccccc2CC1O)C1(c2ccc(Cl)cc2)CC1. The minimum absolute atomic E-state index is 0.000533. The Kier molecular flexibility index (Phi) is 3.43. The molecule has 2 aliphatic rings. The average molecular weight is 328 g/mol. The van der Waals surface area contributed by atoms with Gasteiger partial charge in [-0.25, -0.2) is 0 Å². The van der Waals surface area contributed by atoms with Crippen LogP contribution in [-0.2, 0) is 16.6 Å². The number of nitrogens with one attached hydrogen (secondary N) is 1. The molecule has 2 unspecified atom stereocenters. The Morgan fingerprint density at radius 2 is 1.83 bits per heavy atom. The molecule has 2 aromatic carbocycles. The number of rotatable bonds is 3. The number of carbonyl (C=O) groups excluding carboxylic acids is 1. The van der Waals surface area contributed by atoms with Crippen molar-refractivity contribution in [3.8, 4) is 0 Å². The van der Waals surface area contributed by atoms with Gasteiger partial charge in [0.25, 0.3) is 0 Å². The predicted molar refractivity (Wildman–Crippen MR) is 89.4 cm³/mol. The smallest absolute Gasteiger partial charge is 0.231 e. The van der Waals surface area contributed by atoms with E-state index >= 15 is 0 Å². The zero-order valence-corrected chi connectivity index (χ0v) is 13.4. The molecule has 0 radical (unpaired) electrons. The van der Waals surface area contributed by atoms with E-state index in [2.05, 4.69) is 5.32 Å². The van der Waals surface area contributed by atoms with Gasteiger partial charge < -0.3 is 10.4 Å². The standard InChI is InChI=1S/C19H18ClNO2/c20-14-7-5-13(6-8-14)19(9-10-19)18(23)21-17-15-4-2-1-3-12(15)11-16(17)22/h1-8,16-17,22H,9-11H2,(H,21,23). The second kappa shape index (κ2) is 5.36. The summed E-state index contributed by atoms with van der Waals surface area (Å²) in [6, 6.07) is 15.1. The van der Waals surface area contributed by atoms with Crippen molar-refractivity contribution in [2.45, 2.75) is 36.8 Å². The number of amides is 1. The van der Waals surface area contributed by atoms with Gasteiger partial charge in [0.2, 0.25) is 5.91 Å². The molecule has 1 saturated carbocycles. The molecule has 0 saturated heterocycles. The molecule has 3 nitrogen and oxygen atoms in total. The van der Waals surface area contributed by atoms with Gasteiger partial charge in [0.15, 0.2) is 0 Å². The zero-order chi connectivity index (χ0) is 16.0. The van der Waals surface area contributed by atoms with Gasteiger partial charge in [-0.1, -0.05) is 48.0 Å². The Hall–Kier alpha value is -1.84. The van der Waals surface area contributed by atoms with E-state index in [9.17, 15) is 9.90 Å². The topological polar surface area (TPSA) is 49.3 Å². The summed E-state index contributed by atoms with van der Waals surface area (Å²) in [5.41, 5.74) is 2.68. The third kappa shape index (κ3) is 2.44. The maximum atomic E-state index is 12.9. The number of hydrogen-bond donors (Lipinski definition) is 2. The van der Waals surface area contributed by atoms with Crippen LogP contribution in [0.1, 0.15) is 35.6 Å². The molecule has 4 heteroatoms. The van der Waals surface area contributed by atoms with Crippen LogP contribution in [0.4, 0.5) is 0 Å². The molecule has 23 heavy (non-hydrogen) atoms. The highest BCUT2D eigenvalue weighted by molar-refractivity contribution is 6.30. The third-order valence-electron chi connectivity index (χ3n) is 5.07. The first-order chi connectivity index (χ1) is 11.1. The number of halogens is 1. The van der Waals surface area contributed by atoms with Crippen molar-refractivity contribution in [2.24, 2.45) is 0 Å². The zero-order valence-electron chi connectivity index (χ0n) is 12.6. The first-order valence-corrected chi connectivity index (χ1v) is 8.31. The first-order valence-electron chi connectivity index (χ1n) is 7.93. The Bertz CT molecular complexity index is 752. The number of carbonyl (C=O) groups is 1. The summed E-state index contributed by atoms with van der Waals surface area (Å²) < 4.78 is 0. The summed E-state index contributed by atoms with van der Waals surface area (Å²) in [6.07, 6.45) is 1.71. The summed E-state index contributed by atoms with van der Waals surface area (Å²) in [6.45, 7) is 0. The summed E-state index contributed by atoms with van der Waals surface area (Å²) in [4.78, 5) is 12.9. The van der Waals surface area contributed by atoms with Crippen molar-refractivity contribution in [1.29, 1.82) is 0 Å². The van der Waals surface area contributed by atoms with Crippen LogP contribution in [0.5, 0.6) is 0 Å². The number of aliphatic hydroxyl groups excluding tert-OH is 1. The maximum absolute atomic E-state index is 12.9. The lowest BCUT2D eigenvalue weighted by atomic mass is 9.94. The number of fused-ring (bicyclic) bond motifs is 1. The second-order valence-corrected chi connectivity index (χ2v) is 6.95. The fraction of sp³-hybridized carbons (Fsp3) is 0.316. The molecule has 2 atom stereocenters. The number of aliphatic hydroxyl groups is 1. The molecule has 0 heterocycles. The van der Waals surface area contributed by atoms with E-state index in [1.54, 1.807) is 0 Å². The minimum atomic E-state index is -0.558. The minimum Gasteiger partial charge on any atom is -0.390 e. The van der Waals surface area contributed by atoms with Gasteiger partial charge in [-0.3, -0.25) is 4.79 Å². The van der Waals surface area contributed by atoms with Gasteiger partial charge in [-0.2, -0.15) is 0 Å². The van der Waals surface area contributed by atoms with Crippen LogP contribution in [0.2, 0.25) is 5.02 Å². The van der Waals surface area contributed by atoms with E-state index in [1.165, 1.54) is 0 Å². The highest BCUT2D eigenvalue weighted by Crippen LogP contribution is 2.49. The Balaban J connectivity index is 1.58. The Morgan fingerprint density at radius 3 is 2.52 bits per heavy atom. The molecule has 0 bridgehead atoms. The van der Waals surface area contributed by atoms with Crippen LogP contribution in [0.15, 0.2) is 48.5 Å². The van der Waals surface area contributed by atoms with Crippen molar-refractivity contribution in [3.63, 3.8) is 0 Å². The predicted octanol–water partition coefficient (Wildman–Crippen LogP) is 3.15. The van der Waals surface area contributed by atoms with Crippen molar-refractivity contribution in [1.82, 2.24) is 5.32 Å². The number of benzene rings is 2. The molecular formula is C19H18ClNO2. The van der Waals surface area contributed by atoms with E-state index in [0.717, 1.165) is 29.5 Å². The van der Waals surface area contributed by atoms with Gasteiger partial charge in [0.1, 0.15) is 0 Å². The molecule has 118 valence electrons. The van der Waals surface area contributed by atoms with Crippen molar-refractivity contribution in [3.05, 3.63) is 70.2 Å². The lowest BCUT2D eigenvalue weighted by Crippen LogP contribution is -2.40. The fourth-order valence-corrected chi connectivity index (χ4v) is 3.69. The largest absolute Gasteiger partial charge is 0.390 e. The molecule has 2 N–H and O–H groups in total. The summed E-state index contributed by atoms with van der Waals surface area (Å²) in [5, 5.41) is 14.1. The van der Waals surface area contributed by atoms with E-state index in [4.69, 9.17) is 11.6 Å². The lowest BCUT2D eigenvalue weighted by molar-refractivity contribution is -0.125. The van der Waals surface area contributed by atoms with Crippen LogP contribution >= 0.6 is 11.6 Å². The quantitative estimate of drug-likeness (QED) is 0.910. The van der Waals surface area contributed by atoms with Crippen LogP contribution in [0.3, 0.4) is 0 Å². The van der Waals surface area contributed by atoms with Crippen LogP contribution in [0.25, 0.3) is 0 Å². The van der Waals surface area contributed by atoms with E-state index < -0.39 is 11.5 Å². The van der Waals surface area contributed by atoms with Gasteiger partial charge >= 0.3 is 0 Å². The molecule has 4 rings (SSSR count). The second-order valence-electron chi connectivity index (χ2n) is 6.51. The molecule has 2 aromatic rings. The Labute approximate surface area is 140 Å². The summed E-state index contributed by atoms with van der Waals surface area (Å²) in [7, 11) is 0. The average Bonchev–Trinajstić information content (AvgIpc) is 3.30. The number of hydrogen-bond acceptors (Lipinski definition) is 2. The van der Waals surface area contributed by atoms with Crippen molar-refractivity contribution < 1.29 is 9.90 Å². The van der Waals surface area contributed by atoms with Gasteiger partial charge in [-0.15, -0.1) is 0 Å². The third-order valence-corrected chi connectivity index (χ3v) is 5.32. The van der Waals surface area contributed by atoms with Crippen LogP contribution in [-0.4, -0.2) is 17.1 Å². The molecule has 1 fully saturated rings. The monoisotopic (exact) mass is 327 g/mol. The van der Waals surface area contributed by atoms with Crippen molar-refractivity contribution >= 4 is 17.5 Å². The normalized spacial score (nSPS) is 24.1. The highest BCUT2D eigenvalue weighted by Gasteiger charge is 2.52. The van der Waals surface area contributed by atoms with E-state index in [0.29, 0.717) is 11.4 Å². The van der Waals surface area contributed by atoms with Gasteiger partial charge in [0, 0.05) is 11.4 Å². The molecule has 2 aliphatic carbocycles. The van der Waals surface area contributed by atoms with Crippen LogP contribution in [0, 0.1) is 0 Å². The van der Waals surface area contributed by atoms with Gasteiger partial charge in [-0.05, 0) is 41.7 Å². The van der Waals surface area contributed by atoms with Gasteiger partial charge in [0.05, 0.1) is 17.6 Å². The molecule has 0 spiro atoms. The molecule has 0 aromatic heterocycles.